The number of ether oxygens (including phenoxy) is 1. The van der Waals surface area contributed by atoms with Crippen molar-refractivity contribution in [3.63, 3.8) is 0 Å². The van der Waals surface area contributed by atoms with Crippen molar-refractivity contribution in [2.45, 2.75) is 18.9 Å². The Balaban J connectivity index is 1.92. The number of carbonyl (C=O) groups excluding carboxylic acids is 2. The molecule has 7 nitrogen and oxygen atoms in total. The summed E-state index contributed by atoms with van der Waals surface area (Å²) >= 11 is 0. The fourth-order valence-electron chi connectivity index (χ4n) is 2.59. The largest absolute Gasteiger partial charge is 0.484 e. The number of carboxylic acid groups (broad SMARTS) is 1. The van der Waals surface area contributed by atoms with Crippen molar-refractivity contribution in [1.29, 1.82) is 0 Å². The van der Waals surface area contributed by atoms with E-state index >= 15 is 0 Å². The molecule has 0 heterocycles. The highest BCUT2D eigenvalue weighted by Crippen LogP contribution is 2.25. The molecule has 142 valence electrons. The number of amides is 2. The van der Waals surface area contributed by atoms with Crippen molar-refractivity contribution in [1.82, 2.24) is 10.6 Å². The summed E-state index contributed by atoms with van der Waals surface area (Å²) in [4.78, 5) is 35.9. The van der Waals surface area contributed by atoms with Gasteiger partial charge in [-0.1, -0.05) is 55.5 Å². The van der Waals surface area contributed by atoms with Gasteiger partial charge in [-0.3, -0.25) is 9.59 Å². The number of hydrogen-bond donors (Lipinski definition) is 3. The van der Waals surface area contributed by atoms with Crippen LogP contribution in [0.5, 0.6) is 5.75 Å². The number of rotatable bonds is 9. The summed E-state index contributed by atoms with van der Waals surface area (Å²) in [6.45, 7) is 1.08. The van der Waals surface area contributed by atoms with Crippen LogP contribution in [-0.4, -0.2) is 36.0 Å². The molecule has 2 aromatic carbocycles. The van der Waals surface area contributed by atoms with E-state index in [1.54, 1.807) is 61.5 Å². The third-order valence-electron chi connectivity index (χ3n) is 4.07. The number of para-hydroxylation sites is 1. The molecule has 27 heavy (non-hydrogen) atoms. The monoisotopic (exact) mass is 370 g/mol. The van der Waals surface area contributed by atoms with E-state index in [4.69, 9.17) is 4.74 Å². The smallest absolute Gasteiger partial charge is 0.334 e. The minimum Gasteiger partial charge on any atom is -0.484 e. The molecular weight excluding hydrogens is 348 g/mol. The first-order chi connectivity index (χ1) is 13.0. The van der Waals surface area contributed by atoms with Crippen molar-refractivity contribution in [2.75, 3.05) is 13.2 Å². The van der Waals surface area contributed by atoms with Gasteiger partial charge in [0.1, 0.15) is 5.75 Å². The summed E-state index contributed by atoms with van der Waals surface area (Å²) in [6.07, 6.45) is 0.156. The third-order valence-corrected chi connectivity index (χ3v) is 4.07. The number of carboxylic acids is 1. The van der Waals surface area contributed by atoms with Crippen LogP contribution in [0.1, 0.15) is 18.9 Å². The van der Waals surface area contributed by atoms with Crippen LogP contribution in [0.25, 0.3) is 0 Å². The van der Waals surface area contributed by atoms with E-state index in [-0.39, 0.29) is 19.6 Å². The van der Waals surface area contributed by atoms with Crippen LogP contribution in [-0.2, 0) is 19.9 Å². The summed E-state index contributed by atoms with van der Waals surface area (Å²) in [5, 5.41) is 14.6. The fourth-order valence-corrected chi connectivity index (χ4v) is 2.59. The second kappa shape index (κ2) is 9.38. The fraction of sp³-hybridized carbons (Fsp3) is 0.250. The molecule has 2 aromatic rings. The van der Waals surface area contributed by atoms with Crippen LogP contribution in [0.15, 0.2) is 60.7 Å². The number of hydrogen-bond acceptors (Lipinski definition) is 4. The molecule has 1 atom stereocenters. The molecule has 0 aliphatic heterocycles. The van der Waals surface area contributed by atoms with E-state index in [1.807, 2.05) is 6.07 Å². The van der Waals surface area contributed by atoms with E-state index in [0.717, 1.165) is 0 Å². The first-order valence-corrected chi connectivity index (χ1v) is 8.52. The SMILES string of the molecule is CCC(NC(=O)CNC(=O)COc1ccccc1)(C(=O)O)c1ccccc1. The molecule has 3 N–H and O–H groups in total. The Hall–Kier alpha value is -3.35. The van der Waals surface area contributed by atoms with Crippen LogP contribution in [0.3, 0.4) is 0 Å². The van der Waals surface area contributed by atoms with Gasteiger partial charge in [0.05, 0.1) is 6.54 Å². The van der Waals surface area contributed by atoms with E-state index < -0.39 is 23.3 Å². The Morgan fingerprint density at radius 1 is 0.963 bits per heavy atom. The van der Waals surface area contributed by atoms with Gasteiger partial charge in [0.25, 0.3) is 5.91 Å². The van der Waals surface area contributed by atoms with Crippen molar-refractivity contribution in [2.24, 2.45) is 0 Å². The molecule has 0 spiro atoms. The van der Waals surface area contributed by atoms with E-state index in [0.29, 0.717) is 11.3 Å². The molecule has 0 radical (unpaired) electrons. The van der Waals surface area contributed by atoms with Gasteiger partial charge < -0.3 is 20.5 Å². The van der Waals surface area contributed by atoms with E-state index in [9.17, 15) is 19.5 Å². The van der Waals surface area contributed by atoms with E-state index in [2.05, 4.69) is 10.6 Å². The Kier molecular flexibility index (Phi) is 6.93. The summed E-state index contributed by atoms with van der Waals surface area (Å²) in [6, 6.07) is 17.3. The maximum atomic E-state index is 12.2. The van der Waals surface area contributed by atoms with Gasteiger partial charge in [-0.05, 0) is 24.1 Å². The van der Waals surface area contributed by atoms with Gasteiger partial charge in [0, 0.05) is 0 Å². The van der Waals surface area contributed by atoms with Crippen molar-refractivity contribution < 1.29 is 24.2 Å². The summed E-state index contributed by atoms with van der Waals surface area (Å²) in [5.41, 5.74) is -1.09. The Labute approximate surface area is 157 Å². The Bertz CT molecular complexity index is 779. The van der Waals surface area contributed by atoms with Gasteiger partial charge >= 0.3 is 5.97 Å². The van der Waals surface area contributed by atoms with Crippen LogP contribution >= 0.6 is 0 Å². The quantitative estimate of drug-likeness (QED) is 0.623. The number of aliphatic carboxylic acids is 1. The predicted molar refractivity (Wildman–Crippen MR) is 99.1 cm³/mol. The average Bonchev–Trinajstić information content (AvgIpc) is 2.70. The van der Waals surface area contributed by atoms with Gasteiger partial charge in [-0.25, -0.2) is 4.79 Å². The third kappa shape index (κ3) is 5.31. The molecule has 2 rings (SSSR count). The maximum Gasteiger partial charge on any atom is 0.334 e. The number of carbonyl (C=O) groups is 3. The van der Waals surface area contributed by atoms with Crippen LogP contribution in [0, 0.1) is 0 Å². The van der Waals surface area contributed by atoms with Crippen molar-refractivity contribution in [3.8, 4) is 5.75 Å². The summed E-state index contributed by atoms with van der Waals surface area (Å²) in [7, 11) is 0. The molecule has 0 saturated heterocycles. The van der Waals surface area contributed by atoms with E-state index in [1.165, 1.54) is 0 Å². The number of benzene rings is 2. The lowest BCUT2D eigenvalue weighted by molar-refractivity contribution is -0.148. The Morgan fingerprint density at radius 3 is 2.11 bits per heavy atom. The molecule has 0 fully saturated rings. The zero-order chi connectivity index (χ0) is 19.7. The molecule has 0 aliphatic rings. The number of nitrogens with one attached hydrogen (secondary N) is 2. The topological polar surface area (TPSA) is 105 Å². The van der Waals surface area contributed by atoms with Crippen molar-refractivity contribution in [3.05, 3.63) is 66.2 Å². The predicted octanol–water partition coefficient (Wildman–Crippen LogP) is 1.69. The second-order valence-electron chi connectivity index (χ2n) is 5.86. The first-order valence-electron chi connectivity index (χ1n) is 8.52. The molecule has 7 heteroatoms. The van der Waals surface area contributed by atoms with Gasteiger partial charge in [0.2, 0.25) is 5.91 Å². The zero-order valence-corrected chi connectivity index (χ0v) is 15.0. The van der Waals surface area contributed by atoms with Gasteiger partial charge in [-0.15, -0.1) is 0 Å². The molecular formula is C20H22N2O5. The lowest BCUT2D eigenvalue weighted by atomic mass is 9.87. The summed E-state index contributed by atoms with van der Waals surface area (Å²) in [5.74, 6) is -1.71. The lowest BCUT2D eigenvalue weighted by Crippen LogP contribution is -2.54. The lowest BCUT2D eigenvalue weighted by Gasteiger charge is -2.30. The zero-order valence-electron chi connectivity index (χ0n) is 15.0. The molecule has 0 saturated carbocycles. The highest BCUT2D eigenvalue weighted by atomic mass is 16.5. The highest BCUT2D eigenvalue weighted by molar-refractivity contribution is 5.91. The van der Waals surface area contributed by atoms with Gasteiger partial charge in [0.15, 0.2) is 12.1 Å². The second-order valence-corrected chi connectivity index (χ2v) is 5.86. The normalized spacial score (nSPS) is 12.5. The minimum atomic E-state index is -1.55. The average molecular weight is 370 g/mol. The molecule has 0 aromatic heterocycles. The maximum absolute atomic E-state index is 12.2. The minimum absolute atomic E-state index is 0.156. The Morgan fingerprint density at radius 2 is 1.56 bits per heavy atom. The van der Waals surface area contributed by atoms with Crippen LogP contribution in [0.2, 0.25) is 0 Å². The molecule has 2 amide bonds. The van der Waals surface area contributed by atoms with Crippen LogP contribution < -0.4 is 15.4 Å². The van der Waals surface area contributed by atoms with Crippen LogP contribution in [0.4, 0.5) is 0 Å². The highest BCUT2D eigenvalue weighted by Gasteiger charge is 2.40. The molecule has 0 bridgehead atoms. The molecule has 0 aliphatic carbocycles. The van der Waals surface area contributed by atoms with Gasteiger partial charge in [-0.2, -0.15) is 0 Å². The standard InChI is InChI=1S/C20H22N2O5/c1-2-20(19(25)26,15-9-5-3-6-10-15)22-17(23)13-21-18(24)14-27-16-11-7-4-8-12-16/h3-12H,2,13-14H2,1H3,(H,21,24)(H,22,23)(H,25,26). The summed E-state index contributed by atoms with van der Waals surface area (Å²) < 4.78 is 5.29. The molecule has 1 unspecified atom stereocenters. The first kappa shape index (κ1) is 20.0. The van der Waals surface area contributed by atoms with Crippen molar-refractivity contribution >= 4 is 17.8 Å².